The van der Waals surface area contributed by atoms with Crippen molar-refractivity contribution in [1.82, 2.24) is 30.2 Å². The molecular weight excluding hydrogens is 374 g/mol. The number of H-pyrrole nitrogens is 1. The van der Waals surface area contributed by atoms with Crippen molar-refractivity contribution in [2.24, 2.45) is 0 Å². The molecule has 0 aliphatic carbocycles. The molecule has 0 bridgehead atoms. The Bertz CT molecular complexity index is 1070. The molecule has 1 fully saturated rings. The number of aromatic nitrogens is 4. The Morgan fingerprint density at radius 2 is 2.17 bits per heavy atom. The van der Waals surface area contributed by atoms with E-state index in [1.165, 1.54) is 4.57 Å². The number of nitrogens with two attached hydrogens (primary N) is 1. The van der Waals surface area contributed by atoms with Crippen molar-refractivity contribution in [3.8, 4) is 11.8 Å². The molecule has 0 unspecified atom stereocenters. The van der Waals surface area contributed by atoms with Crippen LogP contribution < -0.4 is 31.5 Å². The van der Waals surface area contributed by atoms with Gasteiger partial charge in [-0.15, -0.1) is 0 Å². The molecule has 1 aliphatic rings. The molecule has 3 heterocycles. The number of anilines is 1. The second-order valence-corrected chi connectivity index (χ2v) is 6.92. The molecule has 10 nitrogen and oxygen atoms in total. The first-order valence-electron chi connectivity index (χ1n) is 9.57. The molecule has 0 amide bonds. The van der Waals surface area contributed by atoms with E-state index in [4.69, 9.17) is 15.2 Å². The number of hydrogen-bond acceptors (Lipinski definition) is 8. The lowest BCUT2D eigenvalue weighted by Crippen LogP contribution is -2.54. The Labute approximate surface area is 167 Å². The molecular formula is C19H25N7O3. The summed E-state index contributed by atoms with van der Waals surface area (Å²) in [6.45, 7) is 5.26. The average molecular weight is 399 g/mol. The number of rotatable bonds is 8. The van der Waals surface area contributed by atoms with Gasteiger partial charge >= 0.3 is 11.7 Å². The Balaban J connectivity index is 1.63. The van der Waals surface area contributed by atoms with Crippen molar-refractivity contribution in [1.29, 1.82) is 0 Å². The van der Waals surface area contributed by atoms with Crippen molar-refractivity contribution in [2.45, 2.75) is 26.1 Å². The Hall–Kier alpha value is -3.11. The quantitative estimate of drug-likeness (QED) is 0.423. The van der Waals surface area contributed by atoms with Crippen LogP contribution in [0.25, 0.3) is 11.2 Å². The number of hydrogen-bond donors (Lipinski definition) is 4. The standard InChI is InChI=1S/C19H25N7O3/c1-3-29-18-24-16(20)15-17(25-18)26(19(27)23-15)10-12-5-4-11(6-14(12)28-2)7-22-13-8-21-9-13/h4-6,13,21-22H,3,7-10H2,1-2H3,(H,23,27)(H2,20,24,25). The summed E-state index contributed by atoms with van der Waals surface area (Å²) in [6.07, 6.45) is 0. The monoisotopic (exact) mass is 399 g/mol. The van der Waals surface area contributed by atoms with E-state index in [9.17, 15) is 4.79 Å². The van der Waals surface area contributed by atoms with E-state index < -0.39 is 0 Å². The van der Waals surface area contributed by atoms with Crippen LogP contribution in [-0.2, 0) is 13.1 Å². The normalized spacial score (nSPS) is 14.1. The van der Waals surface area contributed by atoms with Gasteiger partial charge in [0.05, 0.1) is 20.3 Å². The maximum atomic E-state index is 12.5. The van der Waals surface area contributed by atoms with Crippen molar-refractivity contribution < 1.29 is 9.47 Å². The number of nitrogen functional groups attached to an aromatic ring is 1. The molecule has 0 spiro atoms. The minimum atomic E-state index is -0.320. The van der Waals surface area contributed by atoms with E-state index in [1.807, 2.05) is 25.1 Å². The second-order valence-electron chi connectivity index (χ2n) is 6.92. The highest BCUT2D eigenvalue weighted by atomic mass is 16.5. The molecule has 1 aromatic carbocycles. The van der Waals surface area contributed by atoms with Gasteiger partial charge in [0.15, 0.2) is 11.5 Å². The number of ether oxygens (including phenoxy) is 2. The van der Waals surface area contributed by atoms with E-state index in [0.717, 1.165) is 30.8 Å². The van der Waals surface area contributed by atoms with Gasteiger partial charge in [0.1, 0.15) is 11.3 Å². The number of nitrogens with zero attached hydrogens (tertiary/aromatic N) is 3. The number of imidazole rings is 1. The average Bonchev–Trinajstić information content (AvgIpc) is 2.98. The van der Waals surface area contributed by atoms with Crippen LogP contribution in [0.2, 0.25) is 0 Å². The minimum absolute atomic E-state index is 0.143. The maximum absolute atomic E-state index is 12.5. The fourth-order valence-corrected chi connectivity index (χ4v) is 3.27. The summed E-state index contributed by atoms with van der Waals surface area (Å²) >= 11 is 0. The maximum Gasteiger partial charge on any atom is 0.328 e. The van der Waals surface area contributed by atoms with Crippen LogP contribution >= 0.6 is 0 Å². The lowest BCUT2D eigenvalue weighted by Gasteiger charge is -2.28. The molecule has 1 saturated heterocycles. The number of aromatic amines is 1. The number of methoxy groups -OCH3 is 1. The van der Waals surface area contributed by atoms with Crippen LogP contribution in [0.1, 0.15) is 18.1 Å². The minimum Gasteiger partial charge on any atom is -0.496 e. The first-order valence-corrected chi connectivity index (χ1v) is 9.57. The predicted octanol–water partition coefficient (Wildman–Crippen LogP) is 0.219. The van der Waals surface area contributed by atoms with Gasteiger partial charge in [-0.2, -0.15) is 9.97 Å². The predicted molar refractivity (Wildman–Crippen MR) is 109 cm³/mol. The fourth-order valence-electron chi connectivity index (χ4n) is 3.27. The lowest BCUT2D eigenvalue weighted by atomic mass is 10.1. The van der Waals surface area contributed by atoms with Crippen LogP contribution in [0.4, 0.5) is 5.82 Å². The third-order valence-corrected chi connectivity index (χ3v) is 4.96. The molecule has 4 rings (SSSR count). The summed E-state index contributed by atoms with van der Waals surface area (Å²) in [5.74, 6) is 0.887. The lowest BCUT2D eigenvalue weighted by molar-refractivity contribution is 0.314. The highest BCUT2D eigenvalue weighted by Crippen LogP contribution is 2.24. The smallest absolute Gasteiger partial charge is 0.328 e. The van der Waals surface area contributed by atoms with Crippen molar-refractivity contribution in [3.63, 3.8) is 0 Å². The van der Waals surface area contributed by atoms with Crippen LogP contribution in [-0.4, -0.2) is 52.4 Å². The van der Waals surface area contributed by atoms with Gasteiger partial charge in [-0.05, 0) is 18.6 Å². The molecule has 29 heavy (non-hydrogen) atoms. The van der Waals surface area contributed by atoms with Gasteiger partial charge in [0.2, 0.25) is 0 Å². The summed E-state index contributed by atoms with van der Waals surface area (Å²) in [7, 11) is 1.62. The molecule has 3 aromatic rings. The van der Waals surface area contributed by atoms with Gasteiger partial charge in [0.25, 0.3) is 0 Å². The largest absolute Gasteiger partial charge is 0.496 e. The molecule has 0 atom stereocenters. The summed E-state index contributed by atoms with van der Waals surface area (Å²) in [6, 6.07) is 6.64. The van der Waals surface area contributed by atoms with Gasteiger partial charge < -0.3 is 30.8 Å². The Morgan fingerprint density at radius 1 is 1.34 bits per heavy atom. The number of benzene rings is 1. The fraction of sp³-hybridized carbons (Fsp3) is 0.421. The molecule has 2 aromatic heterocycles. The first kappa shape index (κ1) is 19.2. The molecule has 0 radical (unpaired) electrons. The topological polar surface area (TPSA) is 132 Å². The Kier molecular flexibility index (Phi) is 5.36. The van der Waals surface area contributed by atoms with Gasteiger partial charge in [-0.25, -0.2) is 4.79 Å². The number of nitrogens with one attached hydrogen (secondary N) is 3. The van der Waals surface area contributed by atoms with Crippen LogP contribution in [0.3, 0.4) is 0 Å². The zero-order valence-electron chi connectivity index (χ0n) is 16.5. The summed E-state index contributed by atoms with van der Waals surface area (Å²) < 4.78 is 12.4. The first-order chi connectivity index (χ1) is 14.1. The van der Waals surface area contributed by atoms with E-state index in [-0.39, 0.29) is 24.1 Å². The molecule has 10 heteroatoms. The molecule has 0 saturated carbocycles. The van der Waals surface area contributed by atoms with E-state index >= 15 is 0 Å². The third-order valence-electron chi connectivity index (χ3n) is 4.96. The van der Waals surface area contributed by atoms with E-state index in [1.54, 1.807) is 7.11 Å². The molecule has 154 valence electrons. The summed E-state index contributed by atoms with van der Waals surface area (Å²) in [5, 5.41) is 6.73. The van der Waals surface area contributed by atoms with E-state index in [2.05, 4.69) is 25.6 Å². The SMILES string of the molecule is CCOc1nc(N)c2[nH]c(=O)n(Cc3ccc(CNC4CNC4)cc3OC)c2n1. The van der Waals surface area contributed by atoms with Crippen molar-refractivity contribution in [2.75, 3.05) is 32.5 Å². The Morgan fingerprint density at radius 3 is 2.86 bits per heavy atom. The second kappa shape index (κ2) is 8.10. The van der Waals surface area contributed by atoms with E-state index in [0.29, 0.717) is 29.6 Å². The molecule has 5 N–H and O–H groups in total. The van der Waals surface area contributed by atoms with Crippen molar-refractivity contribution >= 4 is 17.0 Å². The van der Waals surface area contributed by atoms with Crippen LogP contribution in [0.15, 0.2) is 23.0 Å². The highest BCUT2D eigenvalue weighted by molar-refractivity contribution is 5.82. The number of fused-ring (bicyclic) bond motifs is 1. The third kappa shape index (κ3) is 3.89. The van der Waals surface area contributed by atoms with Gasteiger partial charge in [-0.3, -0.25) is 4.57 Å². The summed E-state index contributed by atoms with van der Waals surface area (Å²) in [4.78, 5) is 23.7. The molecule has 1 aliphatic heterocycles. The zero-order chi connectivity index (χ0) is 20.4. The van der Waals surface area contributed by atoms with Crippen molar-refractivity contribution in [3.05, 3.63) is 39.8 Å². The zero-order valence-corrected chi connectivity index (χ0v) is 16.5. The summed E-state index contributed by atoms with van der Waals surface area (Å²) in [5.41, 5.74) is 8.42. The van der Waals surface area contributed by atoms with Gasteiger partial charge in [0, 0.05) is 31.2 Å². The highest BCUT2D eigenvalue weighted by Gasteiger charge is 2.18. The van der Waals surface area contributed by atoms with Crippen LogP contribution in [0, 0.1) is 0 Å². The van der Waals surface area contributed by atoms with Crippen LogP contribution in [0.5, 0.6) is 11.8 Å². The van der Waals surface area contributed by atoms with Gasteiger partial charge in [-0.1, -0.05) is 12.1 Å².